The van der Waals surface area contributed by atoms with Gasteiger partial charge in [0.15, 0.2) is 0 Å². The fraction of sp³-hybridized carbons (Fsp3) is 0.318. The molecular weight excluding hydrogens is 370 g/mol. The minimum atomic E-state index is -0.702. The fourth-order valence-electron chi connectivity index (χ4n) is 2.76. The number of ether oxygens (including phenoxy) is 2. The van der Waals surface area contributed by atoms with Gasteiger partial charge in [0.25, 0.3) is 0 Å². The number of nitrogens with zero attached hydrogens (tertiary/aromatic N) is 2. The van der Waals surface area contributed by atoms with Gasteiger partial charge in [0, 0.05) is 24.7 Å². The summed E-state index contributed by atoms with van der Waals surface area (Å²) in [7, 11) is 1.53. The summed E-state index contributed by atoms with van der Waals surface area (Å²) >= 11 is 0. The number of amides is 2. The van der Waals surface area contributed by atoms with Gasteiger partial charge in [-0.15, -0.1) is 0 Å². The van der Waals surface area contributed by atoms with Crippen LogP contribution in [0.4, 0.5) is 15.3 Å². The van der Waals surface area contributed by atoms with E-state index in [0.717, 1.165) is 5.56 Å². The van der Waals surface area contributed by atoms with Gasteiger partial charge in [0.05, 0.1) is 12.2 Å². The lowest BCUT2D eigenvalue weighted by Crippen LogP contribution is -2.41. The van der Waals surface area contributed by atoms with E-state index in [0.29, 0.717) is 5.69 Å². The predicted molar refractivity (Wildman–Crippen MR) is 110 cm³/mol. The summed E-state index contributed by atoms with van der Waals surface area (Å²) in [5.41, 5.74) is 1.38. The van der Waals surface area contributed by atoms with Crippen molar-refractivity contribution in [2.24, 2.45) is 0 Å². The van der Waals surface area contributed by atoms with E-state index >= 15 is 0 Å². The van der Waals surface area contributed by atoms with Crippen LogP contribution in [-0.4, -0.2) is 36.3 Å². The van der Waals surface area contributed by atoms with Crippen molar-refractivity contribution in [3.63, 3.8) is 0 Å². The van der Waals surface area contributed by atoms with Crippen LogP contribution in [0.25, 0.3) is 0 Å². The number of nitrogens with one attached hydrogen (secondary N) is 1. The number of benzene rings is 2. The Morgan fingerprint density at radius 1 is 1.07 bits per heavy atom. The molecule has 2 aromatic carbocycles. The molecule has 2 amide bonds. The topological polar surface area (TPSA) is 91.7 Å². The normalized spacial score (nSPS) is 12.4. The zero-order valence-corrected chi connectivity index (χ0v) is 17.0. The molecule has 0 aliphatic carbocycles. The number of hydrogen-bond acceptors (Lipinski definition) is 5. The Labute approximate surface area is 170 Å². The zero-order chi connectivity index (χ0) is 21.4. The highest BCUT2D eigenvalue weighted by Gasteiger charge is 2.27. The second-order valence-corrected chi connectivity index (χ2v) is 6.86. The van der Waals surface area contributed by atoms with Crippen molar-refractivity contribution in [1.82, 2.24) is 4.90 Å². The van der Waals surface area contributed by atoms with Gasteiger partial charge in [-0.1, -0.05) is 43.3 Å². The van der Waals surface area contributed by atoms with Crippen LogP contribution in [0.5, 0.6) is 5.75 Å². The number of carbonyl (C=O) groups is 2. The monoisotopic (exact) mass is 395 g/mol. The zero-order valence-electron chi connectivity index (χ0n) is 17.0. The van der Waals surface area contributed by atoms with Gasteiger partial charge in [-0.05, 0) is 31.5 Å². The lowest BCUT2D eigenvalue weighted by Gasteiger charge is -2.27. The van der Waals surface area contributed by atoms with E-state index in [1.165, 1.54) is 18.0 Å². The molecule has 7 nitrogen and oxygen atoms in total. The van der Waals surface area contributed by atoms with Crippen molar-refractivity contribution < 1.29 is 19.1 Å². The smallest absolute Gasteiger partial charge is 0.416 e. The first-order valence-electron chi connectivity index (χ1n) is 9.28. The number of likely N-dealkylation sites (N-methyl/N-ethyl adjacent to an activating group) is 1. The largest absolute Gasteiger partial charge is 0.447 e. The Kier molecular flexibility index (Phi) is 7.61. The molecule has 2 atom stereocenters. The molecule has 0 aromatic heterocycles. The molecule has 0 radical (unpaired) electrons. The maximum Gasteiger partial charge on any atom is 0.416 e. The second-order valence-electron chi connectivity index (χ2n) is 6.86. The highest BCUT2D eigenvalue weighted by molar-refractivity contribution is 5.85. The third-order valence-corrected chi connectivity index (χ3v) is 4.26. The summed E-state index contributed by atoms with van der Waals surface area (Å²) in [6.07, 6.45) is -1.51. The molecule has 29 heavy (non-hydrogen) atoms. The third kappa shape index (κ3) is 6.25. The quantitative estimate of drug-likeness (QED) is 0.761. The summed E-state index contributed by atoms with van der Waals surface area (Å²) in [6.45, 7) is 5.38. The number of carbonyl (C=O) groups excluding carboxylic acids is 2. The molecule has 0 aliphatic rings. The van der Waals surface area contributed by atoms with E-state index in [1.807, 2.05) is 37.3 Å². The van der Waals surface area contributed by atoms with Crippen molar-refractivity contribution in [2.75, 3.05) is 12.4 Å². The number of hydrogen-bond donors (Lipinski definition) is 1. The van der Waals surface area contributed by atoms with Gasteiger partial charge >= 0.3 is 12.2 Å². The number of anilines is 1. The summed E-state index contributed by atoms with van der Waals surface area (Å²) in [5, 5.41) is 12.2. The Morgan fingerprint density at radius 2 is 1.76 bits per heavy atom. The molecule has 0 saturated heterocycles. The number of nitriles is 1. The molecule has 2 rings (SSSR count). The molecule has 0 spiro atoms. The Balaban J connectivity index is 2.06. The van der Waals surface area contributed by atoms with Crippen LogP contribution in [0.1, 0.15) is 32.3 Å². The van der Waals surface area contributed by atoms with Gasteiger partial charge in [-0.3, -0.25) is 10.2 Å². The van der Waals surface area contributed by atoms with Gasteiger partial charge < -0.3 is 9.47 Å². The Morgan fingerprint density at radius 3 is 2.38 bits per heavy atom. The fourth-order valence-corrected chi connectivity index (χ4v) is 2.76. The van der Waals surface area contributed by atoms with Gasteiger partial charge in [0.2, 0.25) is 0 Å². The van der Waals surface area contributed by atoms with Gasteiger partial charge in [-0.2, -0.15) is 5.26 Å². The summed E-state index contributed by atoms with van der Waals surface area (Å²) in [6, 6.07) is 17.4. The maximum absolute atomic E-state index is 12.6. The predicted octanol–water partition coefficient (Wildman–Crippen LogP) is 4.77. The van der Waals surface area contributed by atoms with Crippen molar-refractivity contribution in [3.8, 4) is 11.8 Å². The first kappa shape index (κ1) is 21.8. The SMILES string of the molecule is CC(C)OC(=O)Nc1cccc(OC(=O)N(C)C(C#N)C(C)c2ccccc2)c1. The van der Waals surface area contributed by atoms with Crippen LogP contribution in [-0.2, 0) is 4.74 Å². The molecule has 0 heterocycles. The number of rotatable bonds is 6. The average Bonchev–Trinajstić information content (AvgIpc) is 2.68. The lowest BCUT2D eigenvalue weighted by molar-refractivity contribution is 0.130. The molecule has 0 bridgehead atoms. The molecule has 152 valence electrons. The van der Waals surface area contributed by atoms with E-state index in [1.54, 1.807) is 32.0 Å². The average molecular weight is 395 g/mol. The standard InChI is InChI=1S/C22H25N3O4/c1-15(2)28-21(26)24-18-11-8-12-19(13-18)29-22(27)25(4)20(14-23)16(3)17-9-6-5-7-10-17/h5-13,15-16,20H,1-4H3,(H,24,26). The van der Waals surface area contributed by atoms with Crippen molar-refractivity contribution >= 4 is 17.9 Å². The van der Waals surface area contributed by atoms with Crippen molar-refractivity contribution in [3.05, 3.63) is 60.2 Å². The molecule has 2 unspecified atom stereocenters. The van der Waals surface area contributed by atoms with E-state index < -0.39 is 18.2 Å². The molecule has 0 fully saturated rings. The first-order chi connectivity index (χ1) is 13.8. The van der Waals surface area contributed by atoms with Crippen LogP contribution in [0.15, 0.2) is 54.6 Å². The molecule has 7 heteroatoms. The van der Waals surface area contributed by atoms with Crippen LogP contribution < -0.4 is 10.1 Å². The van der Waals surface area contributed by atoms with Crippen molar-refractivity contribution in [2.45, 2.75) is 38.8 Å². The van der Waals surface area contributed by atoms with E-state index in [4.69, 9.17) is 9.47 Å². The highest BCUT2D eigenvalue weighted by atomic mass is 16.6. The van der Waals surface area contributed by atoms with Crippen LogP contribution in [0.2, 0.25) is 0 Å². The second kappa shape index (κ2) is 10.1. The molecule has 0 saturated carbocycles. The Hall–Kier alpha value is -3.53. The minimum Gasteiger partial charge on any atom is -0.447 e. The van der Waals surface area contributed by atoms with E-state index in [-0.39, 0.29) is 17.8 Å². The molecule has 0 aliphatic heterocycles. The summed E-state index contributed by atoms with van der Waals surface area (Å²) < 4.78 is 10.4. The summed E-state index contributed by atoms with van der Waals surface area (Å²) in [5.74, 6) is 0.0470. The Bertz CT molecular complexity index is 877. The lowest BCUT2D eigenvalue weighted by atomic mass is 9.93. The van der Waals surface area contributed by atoms with Crippen LogP contribution >= 0.6 is 0 Å². The van der Waals surface area contributed by atoms with Gasteiger partial charge in [0.1, 0.15) is 11.8 Å². The summed E-state index contributed by atoms with van der Waals surface area (Å²) in [4.78, 5) is 25.6. The van der Waals surface area contributed by atoms with Crippen LogP contribution in [0, 0.1) is 11.3 Å². The maximum atomic E-state index is 12.6. The van der Waals surface area contributed by atoms with Crippen molar-refractivity contribution in [1.29, 1.82) is 5.26 Å². The first-order valence-corrected chi connectivity index (χ1v) is 9.28. The van der Waals surface area contributed by atoms with E-state index in [2.05, 4.69) is 11.4 Å². The molecule has 1 N–H and O–H groups in total. The van der Waals surface area contributed by atoms with Gasteiger partial charge in [-0.25, -0.2) is 9.59 Å². The minimum absolute atomic E-state index is 0.197. The van der Waals surface area contributed by atoms with Crippen LogP contribution in [0.3, 0.4) is 0 Å². The molecule has 2 aromatic rings. The molecular formula is C22H25N3O4. The van der Waals surface area contributed by atoms with E-state index in [9.17, 15) is 14.9 Å². The highest BCUT2D eigenvalue weighted by Crippen LogP contribution is 2.24. The third-order valence-electron chi connectivity index (χ3n) is 4.26.